The highest BCUT2D eigenvalue weighted by atomic mass is 19.1. The van der Waals surface area contributed by atoms with Crippen molar-refractivity contribution in [3.8, 4) is 0 Å². The van der Waals surface area contributed by atoms with Crippen LogP contribution in [-0.4, -0.2) is 23.5 Å². The van der Waals surface area contributed by atoms with Crippen molar-refractivity contribution in [2.45, 2.75) is 25.9 Å². The molecule has 0 amide bonds. The van der Waals surface area contributed by atoms with Gasteiger partial charge in [-0.1, -0.05) is 0 Å². The molecule has 3 nitrogen and oxygen atoms in total. The molecule has 0 atom stereocenters. The van der Waals surface area contributed by atoms with Gasteiger partial charge in [0.05, 0.1) is 17.4 Å². The second-order valence-electron chi connectivity index (χ2n) is 3.92. The van der Waals surface area contributed by atoms with Crippen LogP contribution in [0.4, 0.5) is 4.39 Å². The van der Waals surface area contributed by atoms with Gasteiger partial charge in [-0.15, -0.1) is 0 Å². The lowest BCUT2D eigenvalue weighted by molar-refractivity contribution is 0.0171. The zero-order chi connectivity index (χ0) is 11.5. The van der Waals surface area contributed by atoms with Gasteiger partial charge in [0.1, 0.15) is 0 Å². The summed E-state index contributed by atoms with van der Waals surface area (Å²) in [5.41, 5.74) is -0.512. The predicted octanol–water partition coefficient (Wildman–Crippen LogP) is 2.22. The number of ether oxygens (including phenoxy) is 1. The van der Waals surface area contributed by atoms with Gasteiger partial charge in [-0.3, -0.25) is 9.78 Å². The van der Waals surface area contributed by atoms with Crippen molar-refractivity contribution < 1.29 is 13.9 Å². The number of carbonyl (C=O) groups excluding carboxylic acids is 1. The monoisotopic (exact) mass is 211 g/mol. The number of aromatic nitrogens is 1. The number of ketones is 1. The van der Waals surface area contributed by atoms with Crippen LogP contribution in [0.15, 0.2) is 18.5 Å². The van der Waals surface area contributed by atoms with E-state index in [-0.39, 0.29) is 17.8 Å². The molecule has 4 heteroatoms. The molecular formula is C11H14FNO2. The molecule has 0 N–H and O–H groups in total. The highest BCUT2D eigenvalue weighted by Crippen LogP contribution is 2.17. The van der Waals surface area contributed by atoms with Gasteiger partial charge >= 0.3 is 0 Å². The van der Waals surface area contributed by atoms with Crippen LogP contribution in [0.25, 0.3) is 0 Å². The first kappa shape index (κ1) is 11.8. The van der Waals surface area contributed by atoms with Crippen molar-refractivity contribution in [1.82, 2.24) is 4.98 Å². The molecule has 0 aliphatic rings. The van der Waals surface area contributed by atoms with Gasteiger partial charge in [0.15, 0.2) is 11.6 Å². The summed E-state index contributed by atoms with van der Waals surface area (Å²) in [5.74, 6) is -0.865. The topological polar surface area (TPSA) is 39.2 Å². The van der Waals surface area contributed by atoms with Gasteiger partial charge in [0.25, 0.3) is 0 Å². The van der Waals surface area contributed by atoms with Gasteiger partial charge in [-0.2, -0.15) is 0 Å². The number of hydrogen-bond donors (Lipinski definition) is 0. The highest BCUT2D eigenvalue weighted by molar-refractivity contribution is 5.96. The van der Waals surface area contributed by atoms with E-state index in [0.717, 1.165) is 6.20 Å². The molecule has 0 saturated heterocycles. The molecule has 0 radical (unpaired) electrons. The van der Waals surface area contributed by atoms with E-state index in [2.05, 4.69) is 4.98 Å². The summed E-state index contributed by atoms with van der Waals surface area (Å²) in [7, 11) is 1.52. The van der Waals surface area contributed by atoms with E-state index in [4.69, 9.17) is 4.74 Å². The minimum absolute atomic E-state index is 0.0649. The Bertz CT molecular complexity index is 363. The zero-order valence-corrected chi connectivity index (χ0v) is 9.08. The smallest absolute Gasteiger partial charge is 0.168 e. The Balaban J connectivity index is 2.83. The first-order chi connectivity index (χ1) is 6.96. The number of carbonyl (C=O) groups is 1. The Morgan fingerprint density at radius 2 is 2.27 bits per heavy atom. The Labute approximate surface area is 88.3 Å². The van der Waals surface area contributed by atoms with Crippen molar-refractivity contribution >= 4 is 5.78 Å². The summed E-state index contributed by atoms with van der Waals surface area (Å²) < 4.78 is 18.3. The van der Waals surface area contributed by atoms with E-state index in [9.17, 15) is 9.18 Å². The minimum Gasteiger partial charge on any atom is -0.378 e. The third-order valence-corrected chi connectivity index (χ3v) is 2.21. The SMILES string of the molecule is COC(C)(C)CC(=O)c1ccncc1F. The lowest BCUT2D eigenvalue weighted by atomic mass is 9.98. The van der Waals surface area contributed by atoms with E-state index in [1.54, 1.807) is 13.8 Å². The molecular weight excluding hydrogens is 197 g/mol. The standard InChI is InChI=1S/C11H14FNO2/c1-11(2,15-3)6-10(14)8-4-5-13-7-9(8)12/h4-5,7H,6H2,1-3H3. The fourth-order valence-corrected chi connectivity index (χ4v) is 1.16. The molecule has 0 fully saturated rings. The van der Waals surface area contributed by atoms with E-state index >= 15 is 0 Å². The number of pyridine rings is 1. The summed E-state index contributed by atoms with van der Waals surface area (Å²) in [5, 5.41) is 0. The average Bonchev–Trinajstić information content (AvgIpc) is 2.17. The van der Waals surface area contributed by atoms with Crippen molar-refractivity contribution in [2.75, 3.05) is 7.11 Å². The predicted molar refractivity (Wildman–Crippen MR) is 54.2 cm³/mol. The van der Waals surface area contributed by atoms with Gasteiger partial charge < -0.3 is 4.74 Å². The van der Waals surface area contributed by atoms with E-state index < -0.39 is 11.4 Å². The van der Waals surface area contributed by atoms with Gasteiger partial charge in [0.2, 0.25) is 0 Å². The minimum atomic E-state index is -0.589. The summed E-state index contributed by atoms with van der Waals surface area (Å²) in [6.07, 6.45) is 2.58. The summed E-state index contributed by atoms with van der Waals surface area (Å²) >= 11 is 0. The quantitative estimate of drug-likeness (QED) is 0.717. The molecule has 1 rings (SSSR count). The normalized spacial score (nSPS) is 11.5. The lowest BCUT2D eigenvalue weighted by Gasteiger charge is -2.21. The Hall–Kier alpha value is -1.29. The second kappa shape index (κ2) is 4.49. The van der Waals surface area contributed by atoms with Gasteiger partial charge in [0, 0.05) is 19.7 Å². The second-order valence-corrected chi connectivity index (χ2v) is 3.92. The molecule has 0 unspecified atom stereocenters. The number of halogens is 1. The molecule has 1 aromatic heterocycles. The largest absolute Gasteiger partial charge is 0.378 e. The fourth-order valence-electron chi connectivity index (χ4n) is 1.16. The maximum absolute atomic E-state index is 13.2. The summed E-state index contributed by atoms with van der Waals surface area (Å²) in [6, 6.07) is 1.38. The highest BCUT2D eigenvalue weighted by Gasteiger charge is 2.23. The molecule has 0 saturated carbocycles. The van der Waals surface area contributed by atoms with Crippen LogP contribution in [0.3, 0.4) is 0 Å². The molecule has 0 aliphatic carbocycles. The third-order valence-electron chi connectivity index (χ3n) is 2.21. The van der Waals surface area contributed by atoms with Crippen LogP contribution in [0, 0.1) is 5.82 Å². The van der Waals surface area contributed by atoms with Crippen LogP contribution < -0.4 is 0 Å². The van der Waals surface area contributed by atoms with Crippen LogP contribution in [0.1, 0.15) is 30.6 Å². The zero-order valence-electron chi connectivity index (χ0n) is 9.08. The van der Waals surface area contributed by atoms with E-state index in [1.807, 2.05) is 0 Å². The van der Waals surface area contributed by atoms with Crippen molar-refractivity contribution in [3.05, 3.63) is 29.8 Å². The van der Waals surface area contributed by atoms with E-state index in [0.29, 0.717) is 0 Å². The summed E-state index contributed by atoms with van der Waals surface area (Å²) in [4.78, 5) is 15.3. The molecule has 1 heterocycles. The fraction of sp³-hybridized carbons (Fsp3) is 0.455. The number of rotatable bonds is 4. The van der Waals surface area contributed by atoms with Gasteiger partial charge in [-0.05, 0) is 19.9 Å². The van der Waals surface area contributed by atoms with E-state index in [1.165, 1.54) is 19.4 Å². The molecule has 1 aromatic rings. The average molecular weight is 211 g/mol. The molecule has 0 aromatic carbocycles. The van der Waals surface area contributed by atoms with Crippen molar-refractivity contribution in [2.24, 2.45) is 0 Å². The van der Waals surface area contributed by atoms with Gasteiger partial charge in [-0.25, -0.2) is 4.39 Å². The maximum Gasteiger partial charge on any atom is 0.168 e. The van der Waals surface area contributed by atoms with Crippen molar-refractivity contribution in [3.63, 3.8) is 0 Å². The number of methoxy groups -OCH3 is 1. The molecule has 82 valence electrons. The first-order valence-corrected chi connectivity index (χ1v) is 4.64. The molecule has 0 bridgehead atoms. The van der Waals surface area contributed by atoms with Crippen LogP contribution in [-0.2, 0) is 4.74 Å². The Kier molecular flexibility index (Phi) is 3.52. The number of nitrogens with zero attached hydrogens (tertiary/aromatic N) is 1. The number of hydrogen-bond acceptors (Lipinski definition) is 3. The Morgan fingerprint density at radius 1 is 1.60 bits per heavy atom. The number of Topliss-reactive ketones (excluding diaryl/α,β-unsaturated/α-hetero) is 1. The molecule has 15 heavy (non-hydrogen) atoms. The maximum atomic E-state index is 13.2. The van der Waals surface area contributed by atoms with Crippen LogP contribution >= 0.6 is 0 Å². The van der Waals surface area contributed by atoms with Crippen molar-refractivity contribution in [1.29, 1.82) is 0 Å². The summed E-state index contributed by atoms with van der Waals surface area (Å²) in [6.45, 7) is 3.56. The molecule has 0 spiro atoms. The first-order valence-electron chi connectivity index (χ1n) is 4.64. The van der Waals surface area contributed by atoms with Crippen LogP contribution in [0.5, 0.6) is 0 Å². The Morgan fingerprint density at radius 3 is 2.80 bits per heavy atom. The van der Waals surface area contributed by atoms with Crippen LogP contribution in [0.2, 0.25) is 0 Å². The molecule has 0 aliphatic heterocycles. The third kappa shape index (κ3) is 3.09. The lowest BCUT2D eigenvalue weighted by Crippen LogP contribution is -2.26.